The minimum Gasteiger partial charge on any atom is -0.389 e. The van der Waals surface area contributed by atoms with Crippen LogP contribution in [-0.2, 0) is 9.47 Å². The van der Waals surface area contributed by atoms with Crippen molar-refractivity contribution >= 4 is 0 Å². The molecule has 0 unspecified atom stereocenters. The normalized spacial score (nSPS) is 12.0. The van der Waals surface area contributed by atoms with E-state index in [0.717, 1.165) is 26.2 Å². The predicted molar refractivity (Wildman–Crippen MR) is 56.5 cm³/mol. The topological polar surface area (TPSA) is 50.7 Å². The van der Waals surface area contributed by atoms with E-state index in [0.29, 0.717) is 13.2 Å². The van der Waals surface area contributed by atoms with Crippen LogP contribution < -0.4 is 5.32 Å². The monoisotopic (exact) mass is 205 g/mol. The maximum Gasteiger partial charge on any atom is 0.0715 e. The van der Waals surface area contributed by atoms with Crippen molar-refractivity contribution < 1.29 is 14.6 Å². The number of aliphatic hydroxyl groups is 1. The van der Waals surface area contributed by atoms with Gasteiger partial charge in [0.05, 0.1) is 12.2 Å². The SMILES string of the molecule is COCCCOCCNCC(C)(C)O. The zero-order valence-corrected chi connectivity index (χ0v) is 9.51. The molecule has 86 valence electrons. The molecule has 0 saturated heterocycles. The van der Waals surface area contributed by atoms with E-state index in [1.54, 1.807) is 21.0 Å². The summed E-state index contributed by atoms with van der Waals surface area (Å²) in [6.45, 7) is 7.08. The smallest absolute Gasteiger partial charge is 0.0715 e. The standard InChI is InChI=1S/C10H23NO3/c1-10(2,12)9-11-5-8-14-7-4-6-13-3/h11-12H,4-9H2,1-3H3. The van der Waals surface area contributed by atoms with Crippen LogP contribution in [0.25, 0.3) is 0 Å². The van der Waals surface area contributed by atoms with Crippen LogP contribution in [0.4, 0.5) is 0 Å². The van der Waals surface area contributed by atoms with Crippen molar-refractivity contribution in [2.75, 3.05) is 40.0 Å². The quantitative estimate of drug-likeness (QED) is 0.535. The largest absolute Gasteiger partial charge is 0.389 e. The van der Waals surface area contributed by atoms with E-state index in [9.17, 15) is 5.11 Å². The van der Waals surface area contributed by atoms with Gasteiger partial charge in [-0.2, -0.15) is 0 Å². The maximum atomic E-state index is 9.37. The molecule has 0 atom stereocenters. The zero-order chi connectivity index (χ0) is 10.9. The summed E-state index contributed by atoms with van der Waals surface area (Å²) in [5.74, 6) is 0. The lowest BCUT2D eigenvalue weighted by atomic mass is 10.1. The van der Waals surface area contributed by atoms with Gasteiger partial charge in [0.25, 0.3) is 0 Å². The van der Waals surface area contributed by atoms with Crippen molar-refractivity contribution in [3.8, 4) is 0 Å². The van der Waals surface area contributed by atoms with E-state index < -0.39 is 5.60 Å². The van der Waals surface area contributed by atoms with Gasteiger partial charge in [-0.1, -0.05) is 0 Å². The lowest BCUT2D eigenvalue weighted by Crippen LogP contribution is -2.36. The highest BCUT2D eigenvalue weighted by atomic mass is 16.5. The minimum atomic E-state index is -0.643. The summed E-state index contributed by atoms with van der Waals surface area (Å²) in [7, 11) is 1.69. The number of nitrogens with one attached hydrogen (secondary N) is 1. The van der Waals surface area contributed by atoms with E-state index in [-0.39, 0.29) is 0 Å². The first kappa shape index (κ1) is 13.8. The van der Waals surface area contributed by atoms with Crippen LogP contribution in [-0.4, -0.2) is 50.7 Å². The summed E-state index contributed by atoms with van der Waals surface area (Å²) in [5.41, 5.74) is -0.643. The second-order valence-corrected chi connectivity index (χ2v) is 3.95. The third-order valence-electron chi connectivity index (χ3n) is 1.62. The van der Waals surface area contributed by atoms with Crippen LogP contribution in [0.5, 0.6) is 0 Å². The summed E-state index contributed by atoms with van der Waals surface area (Å²) in [5, 5.41) is 12.5. The molecule has 4 nitrogen and oxygen atoms in total. The fraction of sp³-hybridized carbons (Fsp3) is 1.00. The molecular weight excluding hydrogens is 182 g/mol. The Hall–Kier alpha value is -0.160. The summed E-state index contributed by atoms with van der Waals surface area (Å²) in [6, 6.07) is 0. The Morgan fingerprint density at radius 2 is 1.93 bits per heavy atom. The van der Waals surface area contributed by atoms with Gasteiger partial charge in [0.15, 0.2) is 0 Å². The van der Waals surface area contributed by atoms with E-state index in [2.05, 4.69) is 5.32 Å². The minimum absolute atomic E-state index is 0.592. The molecule has 0 aliphatic carbocycles. The fourth-order valence-corrected chi connectivity index (χ4v) is 0.946. The highest BCUT2D eigenvalue weighted by Gasteiger charge is 2.10. The molecule has 0 bridgehead atoms. The van der Waals surface area contributed by atoms with Gasteiger partial charge in [-0.3, -0.25) is 0 Å². The third-order valence-corrected chi connectivity index (χ3v) is 1.62. The third kappa shape index (κ3) is 11.8. The van der Waals surface area contributed by atoms with Gasteiger partial charge in [0, 0.05) is 33.4 Å². The van der Waals surface area contributed by atoms with E-state index in [1.807, 2.05) is 0 Å². The van der Waals surface area contributed by atoms with Crippen LogP contribution in [0.15, 0.2) is 0 Å². The molecule has 0 aliphatic rings. The van der Waals surface area contributed by atoms with Crippen molar-refractivity contribution in [2.45, 2.75) is 25.9 Å². The Labute approximate surface area is 86.6 Å². The molecule has 0 spiro atoms. The first-order chi connectivity index (χ1) is 6.56. The van der Waals surface area contributed by atoms with Crippen LogP contribution in [0.1, 0.15) is 20.3 Å². The number of ether oxygens (including phenoxy) is 2. The second kappa shape index (κ2) is 8.17. The lowest BCUT2D eigenvalue weighted by molar-refractivity contribution is 0.0719. The number of rotatable bonds is 9. The average molecular weight is 205 g/mol. The predicted octanol–water partition coefficient (Wildman–Crippen LogP) is 0.400. The van der Waals surface area contributed by atoms with Gasteiger partial charge in [0.1, 0.15) is 0 Å². The van der Waals surface area contributed by atoms with Crippen LogP contribution in [0, 0.1) is 0 Å². The number of hydrogen-bond donors (Lipinski definition) is 2. The summed E-state index contributed by atoms with van der Waals surface area (Å²) in [6.07, 6.45) is 0.933. The molecule has 2 N–H and O–H groups in total. The first-order valence-corrected chi connectivity index (χ1v) is 5.06. The number of hydrogen-bond acceptors (Lipinski definition) is 4. The van der Waals surface area contributed by atoms with Gasteiger partial charge in [-0.05, 0) is 20.3 Å². The first-order valence-electron chi connectivity index (χ1n) is 5.06. The highest BCUT2D eigenvalue weighted by Crippen LogP contribution is 1.96. The van der Waals surface area contributed by atoms with Gasteiger partial charge < -0.3 is 19.9 Å². The molecule has 0 aromatic carbocycles. The van der Waals surface area contributed by atoms with Crippen LogP contribution >= 0.6 is 0 Å². The second-order valence-electron chi connectivity index (χ2n) is 3.95. The lowest BCUT2D eigenvalue weighted by Gasteiger charge is -2.17. The van der Waals surface area contributed by atoms with Crippen molar-refractivity contribution in [3.63, 3.8) is 0 Å². The molecule has 0 aromatic heterocycles. The molecule has 0 rings (SSSR count). The Kier molecular flexibility index (Phi) is 8.08. The van der Waals surface area contributed by atoms with Crippen molar-refractivity contribution in [2.24, 2.45) is 0 Å². The Morgan fingerprint density at radius 1 is 1.21 bits per heavy atom. The van der Waals surface area contributed by atoms with E-state index in [1.165, 1.54) is 0 Å². The molecule has 0 radical (unpaired) electrons. The Morgan fingerprint density at radius 3 is 2.50 bits per heavy atom. The van der Waals surface area contributed by atoms with Gasteiger partial charge in [-0.25, -0.2) is 0 Å². The van der Waals surface area contributed by atoms with Crippen molar-refractivity contribution in [3.05, 3.63) is 0 Å². The molecule has 0 heterocycles. The Bertz CT molecular complexity index is 123. The zero-order valence-electron chi connectivity index (χ0n) is 9.51. The summed E-state index contributed by atoms with van der Waals surface area (Å²) < 4.78 is 10.2. The van der Waals surface area contributed by atoms with E-state index in [4.69, 9.17) is 9.47 Å². The van der Waals surface area contributed by atoms with Gasteiger partial charge in [-0.15, -0.1) is 0 Å². The molecule has 0 aliphatic heterocycles. The van der Waals surface area contributed by atoms with Crippen LogP contribution in [0.3, 0.4) is 0 Å². The molecule has 0 amide bonds. The number of methoxy groups -OCH3 is 1. The van der Waals surface area contributed by atoms with Gasteiger partial charge >= 0.3 is 0 Å². The van der Waals surface area contributed by atoms with E-state index >= 15 is 0 Å². The maximum absolute atomic E-state index is 9.37. The molecule has 0 aromatic rings. The average Bonchev–Trinajstić information content (AvgIpc) is 2.08. The Balaban J connectivity index is 2.99. The fourth-order valence-electron chi connectivity index (χ4n) is 0.946. The summed E-state index contributed by atoms with van der Waals surface area (Å²) in [4.78, 5) is 0. The molecule has 14 heavy (non-hydrogen) atoms. The molecule has 0 fully saturated rings. The molecule has 0 saturated carbocycles. The van der Waals surface area contributed by atoms with Gasteiger partial charge in [0.2, 0.25) is 0 Å². The highest BCUT2D eigenvalue weighted by molar-refractivity contribution is 4.67. The molecular formula is C10H23NO3. The summed E-state index contributed by atoms with van der Waals surface area (Å²) >= 11 is 0. The van der Waals surface area contributed by atoms with Crippen LogP contribution in [0.2, 0.25) is 0 Å². The van der Waals surface area contributed by atoms with Crippen molar-refractivity contribution in [1.29, 1.82) is 0 Å². The van der Waals surface area contributed by atoms with Crippen molar-refractivity contribution in [1.82, 2.24) is 5.32 Å². The molecule has 4 heteroatoms.